The summed E-state index contributed by atoms with van der Waals surface area (Å²) in [7, 11) is 0. The highest BCUT2D eigenvalue weighted by molar-refractivity contribution is 6.31. The Morgan fingerprint density at radius 2 is 1.88 bits per heavy atom. The molecule has 0 aliphatic carbocycles. The van der Waals surface area contributed by atoms with E-state index in [1.165, 1.54) is 24.5 Å². The number of hydrogen-bond donors (Lipinski definition) is 2. The number of carbonyl (C=O) groups is 2. The van der Waals surface area contributed by atoms with E-state index in [-0.39, 0.29) is 34.5 Å². The number of nitrogens with one attached hydrogen (secondary N) is 2. The van der Waals surface area contributed by atoms with E-state index in [2.05, 4.69) is 15.6 Å². The van der Waals surface area contributed by atoms with Crippen molar-refractivity contribution in [2.24, 2.45) is 0 Å². The lowest BCUT2D eigenvalue weighted by Gasteiger charge is -2.09. The van der Waals surface area contributed by atoms with E-state index in [0.29, 0.717) is 5.39 Å². The first-order valence-electron chi connectivity index (χ1n) is 9.27. The fraction of sp³-hybridized carbons (Fsp3) is 0.0455. The van der Waals surface area contributed by atoms with Crippen LogP contribution in [0.5, 0.6) is 5.75 Å². The molecule has 2 amide bonds. The van der Waals surface area contributed by atoms with Gasteiger partial charge in [-0.25, -0.2) is 14.0 Å². The third-order valence-corrected chi connectivity index (χ3v) is 4.53. The SMILES string of the molecule is O=C(Nc1oc2cnccc2c1OC(=O)Nc1ccc(F)c(Cl)c1)OCc1ccccc1. The van der Waals surface area contributed by atoms with E-state index < -0.39 is 18.0 Å². The van der Waals surface area contributed by atoms with Gasteiger partial charge in [-0.05, 0) is 29.8 Å². The first-order chi connectivity index (χ1) is 15.5. The molecule has 0 spiro atoms. The molecule has 0 bridgehead atoms. The smallest absolute Gasteiger partial charge is 0.417 e. The molecule has 2 N–H and O–H groups in total. The third-order valence-electron chi connectivity index (χ3n) is 4.24. The second-order valence-corrected chi connectivity index (χ2v) is 6.87. The fourth-order valence-corrected chi connectivity index (χ4v) is 2.95. The van der Waals surface area contributed by atoms with Gasteiger partial charge in [0.15, 0.2) is 5.58 Å². The Balaban J connectivity index is 1.50. The number of aromatic nitrogens is 1. The zero-order valence-electron chi connectivity index (χ0n) is 16.3. The standard InChI is InChI=1S/C22H15ClFN3O5/c23-16-10-14(6-7-17(16)24)26-22(29)32-19-15-8-9-25-11-18(15)31-20(19)27-21(28)30-12-13-4-2-1-3-5-13/h1-11H,12H2,(H,26,29)(H,27,28). The average Bonchev–Trinajstić information content (AvgIpc) is 3.12. The number of halogens is 2. The highest BCUT2D eigenvalue weighted by atomic mass is 35.5. The van der Waals surface area contributed by atoms with Crippen molar-refractivity contribution in [3.63, 3.8) is 0 Å². The predicted molar refractivity (Wildman–Crippen MR) is 115 cm³/mol. The maximum absolute atomic E-state index is 13.3. The van der Waals surface area contributed by atoms with Crippen molar-refractivity contribution in [2.75, 3.05) is 10.6 Å². The van der Waals surface area contributed by atoms with E-state index in [4.69, 9.17) is 25.5 Å². The molecule has 0 unspecified atom stereocenters. The highest BCUT2D eigenvalue weighted by Crippen LogP contribution is 2.37. The number of carbonyl (C=O) groups excluding carboxylic acids is 2. The van der Waals surface area contributed by atoms with Crippen LogP contribution in [0.2, 0.25) is 5.02 Å². The molecule has 2 aromatic heterocycles. The van der Waals surface area contributed by atoms with Gasteiger partial charge in [0, 0.05) is 11.9 Å². The molecule has 2 aromatic carbocycles. The number of anilines is 2. The van der Waals surface area contributed by atoms with Crippen LogP contribution in [0.25, 0.3) is 11.0 Å². The van der Waals surface area contributed by atoms with Gasteiger partial charge in [-0.1, -0.05) is 41.9 Å². The van der Waals surface area contributed by atoms with Crippen LogP contribution in [0.4, 0.5) is 25.6 Å². The van der Waals surface area contributed by atoms with Crippen molar-refractivity contribution in [3.05, 3.63) is 83.4 Å². The predicted octanol–water partition coefficient (Wildman–Crippen LogP) is 5.98. The summed E-state index contributed by atoms with van der Waals surface area (Å²) >= 11 is 5.72. The van der Waals surface area contributed by atoms with E-state index in [9.17, 15) is 14.0 Å². The summed E-state index contributed by atoms with van der Waals surface area (Å²) in [5, 5.41) is 5.08. The Morgan fingerprint density at radius 3 is 2.66 bits per heavy atom. The second-order valence-electron chi connectivity index (χ2n) is 6.46. The van der Waals surface area contributed by atoms with Crippen molar-refractivity contribution in [3.8, 4) is 5.75 Å². The van der Waals surface area contributed by atoms with Crippen LogP contribution in [0.3, 0.4) is 0 Å². The lowest BCUT2D eigenvalue weighted by atomic mass is 10.2. The van der Waals surface area contributed by atoms with Gasteiger partial charge in [0.25, 0.3) is 0 Å². The van der Waals surface area contributed by atoms with Gasteiger partial charge in [0.05, 0.1) is 16.6 Å². The number of nitrogens with zero attached hydrogens (tertiary/aromatic N) is 1. The number of fused-ring (bicyclic) bond motifs is 1. The molecule has 0 atom stereocenters. The number of benzene rings is 2. The van der Waals surface area contributed by atoms with Crippen LogP contribution >= 0.6 is 11.6 Å². The van der Waals surface area contributed by atoms with Gasteiger partial charge in [0.2, 0.25) is 11.6 Å². The molecule has 0 radical (unpaired) electrons. The Hall–Kier alpha value is -4.11. The molecular weight excluding hydrogens is 441 g/mol. The average molecular weight is 456 g/mol. The largest absolute Gasteiger partial charge is 0.444 e. The monoisotopic (exact) mass is 455 g/mol. The third kappa shape index (κ3) is 4.96. The molecule has 0 saturated carbocycles. The number of ether oxygens (including phenoxy) is 2. The van der Waals surface area contributed by atoms with Crippen LogP contribution in [-0.4, -0.2) is 17.2 Å². The van der Waals surface area contributed by atoms with Gasteiger partial charge >= 0.3 is 12.2 Å². The van der Waals surface area contributed by atoms with Crippen LogP contribution in [0.1, 0.15) is 5.56 Å². The van der Waals surface area contributed by atoms with Gasteiger partial charge in [-0.3, -0.25) is 15.6 Å². The van der Waals surface area contributed by atoms with Gasteiger partial charge in [-0.2, -0.15) is 0 Å². The van der Waals surface area contributed by atoms with Crippen molar-refractivity contribution in [1.29, 1.82) is 0 Å². The molecule has 4 rings (SSSR count). The number of amides is 2. The maximum Gasteiger partial charge on any atom is 0.417 e. The van der Waals surface area contributed by atoms with Crippen LogP contribution in [0.15, 0.2) is 71.4 Å². The van der Waals surface area contributed by atoms with Gasteiger partial charge < -0.3 is 13.9 Å². The maximum atomic E-state index is 13.3. The number of pyridine rings is 1. The molecule has 2 heterocycles. The summed E-state index contributed by atoms with van der Waals surface area (Å²) in [6.07, 6.45) is 1.16. The quantitative estimate of drug-likeness (QED) is 0.383. The first kappa shape index (κ1) is 21.1. The minimum atomic E-state index is -0.909. The first-order valence-corrected chi connectivity index (χ1v) is 9.65. The van der Waals surface area contributed by atoms with Gasteiger partial charge in [-0.15, -0.1) is 0 Å². The van der Waals surface area contributed by atoms with Crippen molar-refractivity contribution in [1.82, 2.24) is 4.98 Å². The molecule has 0 aliphatic heterocycles. The van der Waals surface area contributed by atoms with Crippen molar-refractivity contribution >= 4 is 46.3 Å². The van der Waals surface area contributed by atoms with E-state index in [1.54, 1.807) is 18.2 Å². The summed E-state index contributed by atoms with van der Waals surface area (Å²) in [6, 6.07) is 14.3. The van der Waals surface area contributed by atoms with E-state index in [0.717, 1.165) is 11.6 Å². The summed E-state index contributed by atoms with van der Waals surface area (Å²) in [5.41, 5.74) is 1.29. The Bertz CT molecular complexity index is 1280. The zero-order valence-corrected chi connectivity index (χ0v) is 17.1. The number of hydrogen-bond acceptors (Lipinski definition) is 6. The van der Waals surface area contributed by atoms with E-state index >= 15 is 0 Å². The van der Waals surface area contributed by atoms with Gasteiger partial charge in [0.1, 0.15) is 12.4 Å². The fourth-order valence-electron chi connectivity index (χ4n) is 2.77. The summed E-state index contributed by atoms with van der Waals surface area (Å²) in [4.78, 5) is 28.6. The molecule has 32 heavy (non-hydrogen) atoms. The zero-order chi connectivity index (χ0) is 22.5. The molecule has 162 valence electrons. The highest BCUT2D eigenvalue weighted by Gasteiger charge is 2.21. The summed E-state index contributed by atoms with van der Waals surface area (Å²) < 4.78 is 29.4. The Kier molecular flexibility index (Phi) is 6.18. The van der Waals surface area contributed by atoms with Crippen LogP contribution < -0.4 is 15.4 Å². The molecule has 0 aliphatic rings. The number of furan rings is 1. The topological polar surface area (TPSA) is 103 Å². The Labute approximate surface area is 185 Å². The van der Waals surface area contributed by atoms with Crippen molar-refractivity contribution < 1.29 is 27.9 Å². The summed E-state index contributed by atoms with van der Waals surface area (Å²) in [5.74, 6) is -0.817. The molecule has 10 heteroatoms. The van der Waals surface area contributed by atoms with Crippen LogP contribution in [-0.2, 0) is 11.3 Å². The number of rotatable bonds is 5. The molecular formula is C22H15ClFN3O5. The molecule has 0 saturated heterocycles. The summed E-state index contributed by atoms with van der Waals surface area (Å²) in [6.45, 7) is 0.0382. The molecule has 4 aromatic rings. The van der Waals surface area contributed by atoms with Crippen molar-refractivity contribution in [2.45, 2.75) is 6.61 Å². The normalized spacial score (nSPS) is 10.6. The molecule has 8 nitrogen and oxygen atoms in total. The van der Waals surface area contributed by atoms with Crippen LogP contribution in [0, 0.1) is 5.82 Å². The minimum Gasteiger partial charge on any atom is -0.444 e. The minimum absolute atomic E-state index is 0.0382. The Morgan fingerprint density at radius 1 is 1.06 bits per heavy atom. The molecule has 0 fully saturated rings. The lowest BCUT2D eigenvalue weighted by Crippen LogP contribution is -2.18. The second kappa shape index (κ2) is 9.36. The lowest BCUT2D eigenvalue weighted by molar-refractivity contribution is 0.154. The van der Waals surface area contributed by atoms with E-state index in [1.807, 2.05) is 18.2 Å².